The van der Waals surface area contributed by atoms with Crippen LogP contribution in [0.15, 0.2) is 84.9 Å². The van der Waals surface area contributed by atoms with E-state index in [-0.39, 0.29) is 5.78 Å². The van der Waals surface area contributed by atoms with E-state index in [1.54, 1.807) is 12.1 Å². The van der Waals surface area contributed by atoms with Crippen LogP contribution in [0, 0.1) is 35.0 Å². The summed E-state index contributed by atoms with van der Waals surface area (Å²) in [7, 11) is 0. The number of fused-ring (bicyclic) bond motifs is 3. The van der Waals surface area contributed by atoms with Crippen molar-refractivity contribution in [2.75, 3.05) is 4.90 Å². The maximum Gasteiger partial charge on any atom is 0.185 e. The molecule has 0 saturated carbocycles. The Hall–Kier alpha value is -4.15. The first-order valence-electron chi connectivity index (χ1n) is 10.6. The molecule has 3 aromatic carbocycles. The van der Waals surface area contributed by atoms with Gasteiger partial charge in [-0.25, -0.2) is 0 Å². The molecule has 32 heavy (non-hydrogen) atoms. The number of anilines is 1. The Morgan fingerprint density at radius 2 is 1.56 bits per heavy atom. The first kappa shape index (κ1) is 19.8. The van der Waals surface area contributed by atoms with Crippen molar-refractivity contribution in [1.29, 1.82) is 10.5 Å². The van der Waals surface area contributed by atoms with Gasteiger partial charge in [0.15, 0.2) is 11.2 Å². The van der Waals surface area contributed by atoms with E-state index in [0.29, 0.717) is 5.56 Å². The van der Waals surface area contributed by atoms with Crippen LogP contribution < -0.4 is 4.90 Å². The van der Waals surface area contributed by atoms with Crippen LogP contribution in [0.25, 0.3) is 6.08 Å². The van der Waals surface area contributed by atoms with E-state index in [2.05, 4.69) is 12.1 Å². The molecule has 0 N–H and O–H groups in total. The van der Waals surface area contributed by atoms with Gasteiger partial charge >= 0.3 is 0 Å². The summed E-state index contributed by atoms with van der Waals surface area (Å²) in [5.74, 6) is -0.690. The molecule has 0 bridgehead atoms. The highest BCUT2D eigenvalue weighted by atomic mass is 16.1. The van der Waals surface area contributed by atoms with Gasteiger partial charge in [-0.15, -0.1) is 0 Å². The Bertz CT molecular complexity index is 1280. The highest BCUT2D eigenvalue weighted by Crippen LogP contribution is 2.55. The van der Waals surface area contributed by atoms with E-state index in [1.807, 2.05) is 90.7 Å². The number of carbonyl (C=O) groups is 1. The van der Waals surface area contributed by atoms with Gasteiger partial charge in [-0.3, -0.25) is 4.79 Å². The molecular formula is C28H21N3O. The Balaban J connectivity index is 1.79. The molecule has 0 spiro atoms. The predicted molar refractivity (Wildman–Crippen MR) is 124 cm³/mol. The predicted octanol–water partition coefficient (Wildman–Crippen LogP) is 5.28. The van der Waals surface area contributed by atoms with E-state index in [4.69, 9.17) is 0 Å². The quantitative estimate of drug-likeness (QED) is 0.546. The van der Waals surface area contributed by atoms with Gasteiger partial charge in [-0.05, 0) is 24.1 Å². The van der Waals surface area contributed by atoms with Crippen molar-refractivity contribution >= 4 is 17.5 Å². The van der Waals surface area contributed by atoms with Gasteiger partial charge in [-0.1, -0.05) is 90.5 Å². The van der Waals surface area contributed by atoms with Crippen molar-refractivity contribution in [1.82, 2.24) is 0 Å². The minimum Gasteiger partial charge on any atom is -0.351 e. The average Bonchev–Trinajstić information content (AvgIpc) is 3.15. The first-order chi connectivity index (χ1) is 15.6. The third-order valence-electron chi connectivity index (χ3n) is 6.68. The second kappa shape index (κ2) is 7.52. The van der Waals surface area contributed by atoms with Gasteiger partial charge in [0.2, 0.25) is 0 Å². The van der Waals surface area contributed by atoms with Crippen molar-refractivity contribution in [2.24, 2.45) is 5.41 Å². The maximum absolute atomic E-state index is 14.0. The summed E-state index contributed by atoms with van der Waals surface area (Å²) >= 11 is 0. The maximum atomic E-state index is 14.0. The van der Waals surface area contributed by atoms with Crippen molar-refractivity contribution in [3.05, 3.63) is 107 Å². The van der Waals surface area contributed by atoms with Crippen molar-refractivity contribution < 1.29 is 4.79 Å². The summed E-state index contributed by atoms with van der Waals surface area (Å²) < 4.78 is 0. The molecular weight excluding hydrogens is 394 g/mol. The SMILES string of the molecule is Cc1ccc([C@H]2[C@H](C(=O)c3ccccc3)N3c4ccccc4C=C[C@@H]3C2(C#N)C#N)cc1. The number of ketones is 1. The molecule has 2 heterocycles. The van der Waals surface area contributed by atoms with Crippen LogP contribution in [0.1, 0.15) is 33.0 Å². The molecule has 3 aromatic rings. The van der Waals surface area contributed by atoms with Crippen LogP contribution in [0.4, 0.5) is 5.69 Å². The van der Waals surface area contributed by atoms with Gasteiger partial charge in [0.05, 0.1) is 18.2 Å². The molecule has 4 heteroatoms. The van der Waals surface area contributed by atoms with E-state index in [1.165, 1.54) is 0 Å². The number of nitrogens with zero attached hydrogens (tertiary/aromatic N) is 3. The fourth-order valence-corrected chi connectivity index (χ4v) is 5.15. The zero-order valence-corrected chi connectivity index (χ0v) is 17.6. The number of para-hydroxylation sites is 1. The lowest BCUT2D eigenvalue weighted by molar-refractivity contribution is 0.0951. The normalized spacial score (nSPS) is 22.3. The van der Waals surface area contributed by atoms with Gasteiger partial charge in [0.1, 0.15) is 6.04 Å². The van der Waals surface area contributed by atoms with Gasteiger partial charge in [-0.2, -0.15) is 10.5 Å². The van der Waals surface area contributed by atoms with Crippen LogP contribution in [0.2, 0.25) is 0 Å². The van der Waals surface area contributed by atoms with Crippen molar-refractivity contribution in [3.63, 3.8) is 0 Å². The highest BCUT2D eigenvalue weighted by Gasteiger charge is 2.63. The van der Waals surface area contributed by atoms with Crippen LogP contribution in [0.5, 0.6) is 0 Å². The third kappa shape index (κ3) is 2.77. The number of benzene rings is 3. The molecule has 154 valence electrons. The monoisotopic (exact) mass is 415 g/mol. The molecule has 0 aromatic heterocycles. The lowest BCUT2D eigenvalue weighted by atomic mass is 9.69. The zero-order chi connectivity index (χ0) is 22.3. The number of hydrogen-bond donors (Lipinski definition) is 0. The molecule has 4 nitrogen and oxygen atoms in total. The number of nitriles is 2. The number of rotatable bonds is 3. The number of aryl methyl sites for hydroxylation is 1. The number of carbonyl (C=O) groups excluding carboxylic acids is 1. The average molecular weight is 415 g/mol. The van der Waals surface area contributed by atoms with Crippen LogP contribution in [-0.4, -0.2) is 17.9 Å². The van der Waals surface area contributed by atoms with Crippen LogP contribution >= 0.6 is 0 Å². The molecule has 3 atom stereocenters. The summed E-state index contributed by atoms with van der Waals surface area (Å²) in [6.07, 6.45) is 3.87. The number of Topliss-reactive ketones (excluding diaryl/α,β-unsaturated/α-hetero) is 1. The molecule has 1 saturated heterocycles. The largest absolute Gasteiger partial charge is 0.351 e. The lowest BCUT2D eigenvalue weighted by Crippen LogP contribution is -2.44. The summed E-state index contributed by atoms with van der Waals surface area (Å²) in [4.78, 5) is 16.0. The highest BCUT2D eigenvalue weighted by molar-refractivity contribution is 6.04. The number of hydrogen-bond acceptors (Lipinski definition) is 4. The molecule has 2 aliphatic rings. The topological polar surface area (TPSA) is 67.9 Å². The summed E-state index contributed by atoms with van der Waals surface area (Å²) in [6, 6.07) is 28.3. The Morgan fingerprint density at radius 1 is 0.906 bits per heavy atom. The van der Waals surface area contributed by atoms with Crippen molar-refractivity contribution in [3.8, 4) is 12.1 Å². The molecule has 5 rings (SSSR count). The third-order valence-corrected chi connectivity index (χ3v) is 6.68. The smallest absolute Gasteiger partial charge is 0.185 e. The fourth-order valence-electron chi connectivity index (χ4n) is 5.15. The van der Waals surface area contributed by atoms with Gasteiger partial charge < -0.3 is 4.90 Å². The Kier molecular flexibility index (Phi) is 4.65. The van der Waals surface area contributed by atoms with E-state index < -0.39 is 23.4 Å². The second-order valence-electron chi connectivity index (χ2n) is 8.43. The summed E-state index contributed by atoms with van der Waals surface area (Å²) in [5, 5.41) is 20.8. The van der Waals surface area contributed by atoms with Gasteiger partial charge in [0.25, 0.3) is 0 Å². The summed E-state index contributed by atoms with van der Waals surface area (Å²) in [6.45, 7) is 2.00. The molecule has 0 unspecified atom stereocenters. The lowest BCUT2D eigenvalue weighted by Gasteiger charge is -2.35. The van der Waals surface area contributed by atoms with Crippen LogP contribution in [0.3, 0.4) is 0 Å². The zero-order valence-electron chi connectivity index (χ0n) is 17.6. The fraction of sp³-hybridized carbons (Fsp3) is 0.179. The van der Waals surface area contributed by atoms with E-state index in [0.717, 1.165) is 22.4 Å². The standard InChI is InChI=1S/C28H21N3O/c1-19-11-13-21(14-12-19)25-26(27(32)22-8-3-2-4-9-22)31-23-10-6-5-7-20(23)15-16-24(31)28(25,17-29)18-30/h2-16,24-26H,1H3/t24-,25+,26-/m1/s1. The second-order valence-corrected chi connectivity index (χ2v) is 8.43. The minimum absolute atomic E-state index is 0.0846. The minimum atomic E-state index is -1.41. The first-order valence-corrected chi connectivity index (χ1v) is 10.6. The van der Waals surface area contributed by atoms with E-state index >= 15 is 0 Å². The molecule has 0 radical (unpaired) electrons. The summed E-state index contributed by atoms with van der Waals surface area (Å²) in [5.41, 5.74) is 2.93. The molecule has 0 aliphatic carbocycles. The molecule has 0 amide bonds. The van der Waals surface area contributed by atoms with E-state index in [9.17, 15) is 15.3 Å². The Morgan fingerprint density at radius 3 is 2.25 bits per heavy atom. The van der Waals surface area contributed by atoms with Gasteiger partial charge in [0, 0.05) is 17.2 Å². The van der Waals surface area contributed by atoms with Crippen LogP contribution in [-0.2, 0) is 0 Å². The van der Waals surface area contributed by atoms with Crippen molar-refractivity contribution in [2.45, 2.75) is 24.9 Å². The Labute approximate surface area is 187 Å². The molecule has 1 fully saturated rings. The molecule has 2 aliphatic heterocycles.